The first-order chi connectivity index (χ1) is 11.5. The summed E-state index contributed by atoms with van der Waals surface area (Å²) >= 11 is -0.399. The van der Waals surface area contributed by atoms with Crippen molar-refractivity contribution >= 4 is 48.8 Å². The third-order valence-corrected chi connectivity index (χ3v) is 8.43. The molecular formula is C16H10F2N2O2Se2. The Morgan fingerprint density at radius 2 is 1.17 bits per heavy atom. The van der Waals surface area contributed by atoms with Crippen molar-refractivity contribution in [1.29, 1.82) is 0 Å². The van der Waals surface area contributed by atoms with E-state index >= 15 is 0 Å². The van der Waals surface area contributed by atoms with Crippen LogP contribution < -0.4 is 11.1 Å². The summed E-state index contributed by atoms with van der Waals surface area (Å²) in [4.78, 5) is 24.7. The minimum absolute atomic E-state index is 0.188. The van der Waals surface area contributed by atoms with E-state index in [-0.39, 0.29) is 40.6 Å². The Kier molecular flexibility index (Phi) is 3.93. The molecule has 2 heterocycles. The number of rotatable bonds is 3. The first-order valence-corrected chi connectivity index (χ1v) is 10.4. The van der Waals surface area contributed by atoms with Crippen LogP contribution in [-0.2, 0) is 13.1 Å². The monoisotopic (exact) mass is 460 g/mol. The normalized spacial score (nSPS) is 11.6. The van der Waals surface area contributed by atoms with Crippen LogP contribution in [-0.4, -0.2) is 36.6 Å². The van der Waals surface area contributed by atoms with Gasteiger partial charge < -0.3 is 0 Å². The van der Waals surface area contributed by atoms with Crippen molar-refractivity contribution in [2.75, 3.05) is 0 Å². The molecule has 122 valence electrons. The Labute approximate surface area is 146 Å². The van der Waals surface area contributed by atoms with Crippen LogP contribution in [0, 0.1) is 11.6 Å². The SMILES string of the molecule is O=c1c2cc(F)ccc2[se]n1CCn1[se]c2ccc(F)cc2c1=O. The summed E-state index contributed by atoms with van der Waals surface area (Å²) in [6.45, 7) is 0.804. The fourth-order valence-electron chi connectivity index (χ4n) is 2.56. The number of aryl methyl sites for hydroxylation is 2. The molecule has 0 amide bonds. The Bertz CT molecular complexity index is 1090. The van der Waals surface area contributed by atoms with Crippen LogP contribution in [0.2, 0.25) is 0 Å². The second-order valence-electron chi connectivity index (χ2n) is 5.28. The Hall–Kier alpha value is -1.72. The van der Waals surface area contributed by atoms with E-state index in [9.17, 15) is 18.4 Å². The first kappa shape index (κ1) is 15.8. The van der Waals surface area contributed by atoms with E-state index < -0.39 is 11.6 Å². The average molecular weight is 458 g/mol. The van der Waals surface area contributed by atoms with Gasteiger partial charge in [0.1, 0.15) is 0 Å². The van der Waals surface area contributed by atoms with Gasteiger partial charge >= 0.3 is 146 Å². The summed E-state index contributed by atoms with van der Waals surface area (Å²) in [6.07, 6.45) is 0. The fourth-order valence-corrected chi connectivity index (χ4v) is 6.61. The number of hydrogen-bond acceptors (Lipinski definition) is 2. The molecule has 4 aromatic rings. The van der Waals surface area contributed by atoms with Crippen LogP contribution in [0.25, 0.3) is 19.3 Å². The third-order valence-electron chi connectivity index (χ3n) is 3.72. The van der Waals surface area contributed by atoms with Gasteiger partial charge in [0.25, 0.3) is 0 Å². The van der Waals surface area contributed by atoms with Gasteiger partial charge in [0.05, 0.1) is 0 Å². The summed E-state index contributed by atoms with van der Waals surface area (Å²) in [7, 11) is 0. The quantitative estimate of drug-likeness (QED) is 0.436. The van der Waals surface area contributed by atoms with Gasteiger partial charge in [-0.25, -0.2) is 0 Å². The third kappa shape index (κ3) is 2.66. The average Bonchev–Trinajstić information content (AvgIpc) is 3.04. The molecular weight excluding hydrogens is 448 g/mol. The van der Waals surface area contributed by atoms with Crippen LogP contribution in [0.1, 0.15) is 0 Å². The van der Waals surface area contributed by atoms with Crippen LogP contribution in [0.3, 0.4) is 0 Å². The molecule has 0 fully saturated rings. The number of halogens is 2. The summed E-state index contributed by atoms with van der Waals surface area (Å²) in [5.74, 6) is -0.842. The van der Waals surface area contributed by atoms with Gasteiger partial charge in [-0.3, -0.25) is 0 Å². The molecule has 0 spiro atoms. The van der Waals surface area contributed by atoms with Gasteiger partial charge in [-0.2, -0.15) is 0 Å². The summed E-state index contributed by atoms with van der Waals surface area (Å²) in [5, 5.41) is 0.831. The van der Waals surface area contributed by atoms with Gasteiger partial charge in [0.2, 0.25) is 0 Å². The van der Waals surface area contributed by atoms with Crippen molar-refractivity contribution in [2.45, 2.75) is 13.1 Å². The number of aromatic nitrogens is 2. The molecule has 0 saturated carbocycles. The van der Waals surface area contributed by atoms with Crippen molar-refractivity contribution in [2.24, 2.45) is 0 Å². The molecule has 4 nitrogen and oxygen atoms in total. The molecule has 0 bridgehead atoms. The van der Waals surface area contributed by atoms with Crippen LogP contribution in [0.5, 0.6) is 0 Å². The second-order valence-corrected chi connectivity index (χ2v) is 9.74. The van der Waals surface area contributed by atoms with E-state index in [0.29, 0.717) is 23.9 Å². The zero-order chi connectivity index (χ0) is 16.8. The number of fused-ring (bicyclic) bond motifs is 2. The standard InChI is InChI=1S/C16H10F2N2O2Se2/c17-9-1-3-13-11(7-9)15(21)19(23-13)5-6-20-16(22)12-8-10(18)2-4-14(12)24-20/h1-4,7-8H,5-6H2. The maximum atomic E-state index is 13.3. The predicted molar refractivity (Wildman–Crippen MR) is 90.2 cm³/mol. The molecule has 2 aromatic carbocycles. The van der Waals surface area contributed by atoms with E-state index in [0.717, 1.165) is 8.52 Å². The van der Waals surface area contributed by atoms with Crippen LogP contribution in [0.15, 0.2) is 46.0 Å². The van der Waals surface area contributed by atoms with Crippen molar-refractivity contribution in [1.82, 2.24) is 7.12 Å². The van der Waals surface area contributed by atoms with Crippen molar-refractivity contribution in [3.05, 3.63) is 68.7 Å². The summed E-state index contributed by atoms with van der Waals surface area (Å²) in [5.41, 5.74) is -0.376. The van der Waals surface area contributed by atoms with E-state index in [1.807, 2.05) is 0 Å². The Morgan fingerprint density at radius 1 is 0.750 bits per heavy atom. The molecule has 0 unspecified atom stereocenters. The van der Waals surface area contributed by atoms with Crippen molar-refractivity contribution in [3.8, 4) is 0 Å². The molecule has 2 aromatic heterocycles. The van der Waals surface area contributed by atoms with Gasteiger partial charge in [0, 0.05) is 0 Å². The molecule has 0 N–H and O–H groups in total. The minimum atomic E-state index is -0.421. The maximum absolute atomic E-state index is 13.3. The summed E-state index contributed by atoms with van der Waals surface area (Å²) in [6, 6.07) is 8.54. The molecule has 0 aliphatic carbocycles. The number of hydrogen-bond donors (Lipinski definition) is 0. The van der Waals surface area contributed by atoms with E-state index in [4.69, 9.17) is 0 Å². The molecule has 0 saturated heterocycles. The molecule has 4 rings (SSSR count). The molecule has 8 heteroatoms. The molecule has 24 heavy (non-hydrogen) atoms. The van der Waals surface area contributed by atoms with Gasteiger partial charge in [-0.15, -0.1) is 0 Å². The van der Waals surface area contributed by atoms with E-state index in [1.165, 1.54) is 24.3 Å². The summed E-state index contributed by atoms with van der Waals surface area (Å²) < 4.78 is 31.6. The zero-order valence-corrected chi connectivity index (χ0v) is 15.6. The van der Waals surface area contributed by atoms with Crippen LogP contribution >= 0.6 is 0 Å². The molecule has 0 atom stereocenters. The second kappa shape index (κ2) is 5.97. The van der Waals surface area contributed by atoms with Gasteiger partial charge in [-0.05, 0) is 0 Å². The Morgan fingerprint density at radius 3 is 1.58 bits per heavy atom. The number of benzene rings is 2. The van der Waals surface area contributed by atoms with Crippen LogP contribution in [0.4, 0.5) is 8.78 Å². The molecule has 0 aliphatic rings. The van der Waals surface area contributed by atoms with Gasteiger partial charge in [0.15, 0.2) is 0 Å². The molecule has 0 radical (unpaired) electrons. The fraction of sp³-hybridized carbons (Fsp3) is 0.125. The van der Waals surface area contributed by atoms with E-state index in [1.54, 1.807) is 19.3 Å². The first-order valence-electron chi connectivity index (χ1n) is 7.12. The van der Waals surface area contributed by atoms with Gasteiger partial charge in [-0.1, -0.05) is 0 Å². The van der Waals surface area contributed by atoms with Crippen molar-refractivity contribution in [3.63, 3.8) is 0 Å². The van der Waals surface area contributed by atoms with E-state index in [2.05, 4.69) is 0 Å². The van der Waals surface area contributed by atoms with Crippen molar-refractivity contribution < 1.29 is 8.78 Å². The predicted octanol–water partition coefficient (Wildman–Crippen LogP) is 1.41. The topological polar surface area (TPSA) is 44.0 Å². The number of nitrogens with zero attached hydrogens (tertiary/aromatic N) is 2. The zero-order valence-electron chi connectivity index (χ0n) is 12.2. The molecule has 0 aliphatic heterocycles. The Balaban J connectivity index is 1.68.